The van der Waals surface area contributed by atoms with Gasteiger partial charge < -0.3 is 13.9 Å². The fourth-order valence-electron chi connectivity index (χ4n) is 1.65. The van der Waals surface area contributed by atoms with Gasteiger partial charge in [-0.25, -0.2) is 4.79 Å². The number of rotatable bonds is 3. The number of aromatic carboxylic acids is 1. The second-order valence-corrected chi connectivity index (χ2v) is 4.25. The highest BCUT2D eigenvalue weighted by molar-refractivity contribution is 6.31. The third-order valence-electron chi connectivity index (χ3n) is 2.65. The number of hydrogen-bond acceptors (Lipinski definition) is 5. The summed E-state index contributed by atoms with van der Waals surface area (Å²) in [6, 6.07) is 7.74. The molecule has 0 bridgehead atoms. The number of nitrogens with zero attached hydrogens (tertiary/aromatic N) is 2. The Morgan fingerprint density at radius 1 is 1.10 bits per heavy atom. The van der Waals surface area contributed by atoms with E-state index in [0.29, 0.717) is 11.1 Å². The topological polar surface area (TPSA) is 89.4 Å². The molecule has 3 rings (SSSR count). The molecule has 100 valence electrons. The maximum atomic E-state index is 10.8. The highest BCUT2D eigenvalue weighted by atomic mass is 35.5. The zero-order chi connectivity index (χ0) is 14.1. The summed E-state index contributed by atoms with van der Waals surface area (Å²) in [5.41, 5.74) is 1.31. The molecule has 0 atom stereocenters. The molecule has 0 saturated carbocycles. The molecule has 0 aliphatic carbocycles. The van der Waals surface area contributed by atoms with Crippen molar-refractivity contribution in [3.63, 3.8) is 0 Å². The van der Waals surface area contributed by atoms with Crippen molar-refractivity contribution in [2.24, 2.45) is 0 Å². The van der Waals surface area contributed by atoms with Crippen molar-refractivity contribution in [3.05, 3.63) is 47.4 Å². The Morgan fingerprint density at radius 3 is 2.40 bits per heavy atom. The monoisotopic (exact) mass is 290 g/mol. The Bertz CT molecular complexity index is 761. The van der Waals surface area contributed by atoms with E-state index < -0.39 is 5.97 Å². The van der Waals surface area contributed by atoms with Crippen molar-refractivity contribution in [1.29, 1.82) is 0 Å². The lowest BCUT2D eigenvalue weighted by atomic mass is 10.1. The Morgan fingerprint density at radius 2 is 1.80 bits per heavy atom. The van der Waals surface area contributed by atoms with Crippen molar-refractivity contribution in [2.45, 2.75) is 0 Å². The molecule has 20 heavy (non-hydrogen) atoms. The van der Waals surface area contributed by atoms with E-state index in [9.17, 15) is 4.79 Å². The molecule has 0 saturated heterocycles. The van der Waals surface area contributed by atoms with Crippen LogP contribution in [-0.2, 0) is 0 Å². The van der Waals surface area contributed by atoms with Gasteiger partial charge in [0.1, 0.15) is 0 Å². The first-order valence-corrected chi connectivity index (χ1v) is 5.93. The summed E-state index contributed by atoms with van der Waals surface area (Å²) in [6.07, 6.45) is 1.42. The first-order chi connectivity index (χ1) is 9.65. The Hall–Kier alpha value is -2.60. The average molecular weight is 291 g/mol. The molecule has 2 aromatic heterocycles. The van der Waals surface area contributed by atoms with Gasteiger partial charge in [-0.15, -0.1) is 10.2 Å². The molecule has 0 unspecified atom stereocenters. The second-order valence-electron chi connectivity index (χ2n) is 3.90. The van der Waals surface area contributed by atoms with Crippen LogP contribution in [0.5, 0.6) is 0 Å². The molecule has 0 aliphatic heterocycles. The number of aromatic nitrogens is 2. The number of carboxylic acids is 1. The van der Waals surface area contributed by atoms with Crippen LogP contribution in [0.15, 0.2) is 45.4 Å². The third kappa shape index (κ3) is 2.17. The summed E-state index contributed by atoms with van der Waals surface area (Å²) in [6.45, 7) is 0. The molecule has 2 heterocycles. The lowest BCUT2D eigenvalue weighted by Gasteiger charge is -1.96. The lowest BCUT2D eigenvalue weighted by Crippen LogP contribution is -1.94. The van der Waals surface area contributed by atoms with Gasteiger partial charge in [0.2, 0.25) is 11.1 Å². The lowest BCUT2D eigenvalue weighted by molar-refractivity contribution is 0.0697. The van der Waals surface area contributed by atoms with Gasteiger partial charge in [-0.1, -0.05) is 0 Å². The minimum atomic E-state index is -0.993. The predicted octanol–water partition coefficient (Wildman–Crippen LogP) is 3.35. The van der Waals surface area contributed by atoms with Crippen molar-refractivity contribution in [3.8, 4) is 22.9 Å². The standard InChI is InChI=1S/C13H7ClN2O4/c14-10-9(5-6-19-10)12-16-15-11(20-12)7-1-3-8(4-2-7)13(17)18/h1-6H,(H,17,18). The summed E-state index contributed by atoms with van der Waals surface area (Å²) in [5.74, 6) is -0.483. The quantitative estimate of drug-likeness (QED) is 0.795. The van der Waals surface area contributed by atoms with Crippen LogP contribution in [-0.4, -0.2) is 21.3 Å². The number of benzene rings is 1. The number of carbonyl (C=O) groups is 1. The van der Waals surface area contributed by atoms with Crippen LogP contribution in [0.2, 0.25) is 5.22 Å². The van der Waals surface area contributed by atoms with Gasteiger partial charge in [0, 0.05) is 5.56 Å². The molecule has 1 N–H and O–H groups in total. The van der Waals surface area contributed by atoms with E-state index >= 15 is 0 Å². The first kappa shape index (κ1) is 12.4. The Labute approximate surface area is 117 Å². The Kier molecular flexibility index (Phi) is 3.00. The fraction of sp³-hybridized carbons (Fsp3) is 0. The zero-order valence-electron chi connectivity index (χ0n) is 9.91. The number of carboxylic acid groups (broad SMARTS) is 1. The van der Waals surface area contributed by atoms with Crippen LogP contribution in [0.4, 0.5) is 0 Å². The summed E-state index contributed by atoms with van der Waals surface area (Å²) in [4.78, 5) is 10.8. The normalized spacial score (nSPS) is 10.7. The van der Waals surface area contributed by atoms with Crippen molar-refractivity contribution < 1.29 is 18.7 Å². The average Bonchev–Trinajstić information content (AvgIpc) is 3.07. The van der Waals surface area contributed by atoms with Crippen LogP contribution in [0.1, 0.15) is 10.4 Å². The van der Waals surface area contributed by atoms with Gasteiger partial charge in [0.05, 0.1) is 17.4 Å². The first-order valence-electron chi connectivity index (χ1n) is 5.56. The third-order valence-corrected chi connectivity index (χ3v) is 2.94. The number of hydrogen-bond donors (Lipinski definition) is 1. The van der Waals surface area contributed by atoms with Crippen molar-refractivity contribution in [1.82, 2.24) is 10.2 Å². The van der Waals surface area contributed by atoms with Gasteiger partial charge in [0.15, 0.2) is 0 Å². The van der Waals surface area contributed by atoms with Crippen LogP contribution >= 0.6 is 11.6 Å². The molecule has 0 aliphatic rings. The molecule has 0 spiro atoms. The van der Waals surface area contributed by atoms with Gasteiger partial charge in [0.25, 0.3) is 5.89 Å². The molecular formula is C13H7ClN2O4. The fourth-order valence-corrected chi connectivity index (χ4v) is 1.85. The second kappa shape index (κ2) is 4.82. The van der Waals surface area contributed by atoms with Crippen molar-refractivity contribution in [2.75, 3.05) is 0 Å². The number of halogens is 1. The van der Waals surface area contributed by atoms with E-state index in [2.05, 4.69) is 10.2 Å². The SMILES string of the molecule is O=C(O)c1ccc(-c2nnc(-c3ccoc3Cl)o2)cc1. The molecule has 0 amide bonds. The van der Waals surface area contributed by atoms with Crippen LogP contribution < -0.4 is 0 Å². The van der Waals surface area contributed by atoms with Crippen LogP contribution in [0.3, 0.4) is 0 Å². The molecule has 3 aromatic rings. The minimum absolute atomic E-state index is 0.168. The molecule has 0 fully saturated rings. The Balaban J connectivity index is 1.94. The minimum Gasteiger partial charge on any atom is -0.478 e. The van der Waals surface area contributed by atoms with Crippen molar-refractivity contribution >= 4 is 17.6 Å². The summed E-state index contributed by atoms with van der Waals surface area (Å²) in [7, 11) is 0. The zero-order valence-corrected chi connectivity index (χ0v) is 10.7. The molecule has 0 radical (unpaired) electrons. The summed E-state index contributed by atoms with van der Waals surface area (Å²) in [5, 5.41) is 16.8. The summed E-state index contributed by atoms with van der Waals surface area (Å²) < 4.78 is 10.4. The van der Waals surface area contributed by atoms with E-state index in [-0.39, 0.29) is 22.6 Å². The smallest absolute Gasteiger partial charge is 0.335 e. The van der Waals surface area contributed by atoms with E-state index in [4.69, 9.17) is 25.5 Å². The van der Waals surface area contributed by atoms with Gasteiger partial charge in [-0.3, -0.25) is 0 Å². The van der Waals surface area contributed by atoms with Crippen LogP contribution in [0, 0.1) is 0 Å². The number of furan rings is 1. The largest absolute Gasteiger partial charge is 0.478 e. The molecule has 7 heteroatoms. The highest BCUT2D eigenvalue weighted by Gasteiger charge is 2.15. The molecule has 1 aromatic carbocycles. The predicted molar refractivity (Wildman–Crippen MR) is 69.4 cm³/mol. The maximum Gasteiger partial charge on any atom is 0.335 e. The van der Waals surface area contributed by atoms with E-state index in [1.165, 1.54) is 18.4 Å². The van der Waals surface area contributed by atoms with Crippen LogP contribution in [0.25, 0.3) is 22.9 Å². The maximum absolute atomic E-state index is 10.8. The van der Waals surface area contributed by atoms with Gasteiger partial charge in [-0.2, -0.15) is 0 Å². The van der Waals surface area contributed by atoms with E-state index in [1.807, 2.05) is 0 Å². The van der Waals surface area contributed by atoms with E-state index in [0.717, 1.165) is 0 Å². The molecular weight excluding hydrogens is 284 g/mol. The highest BCUT2D eigenvalue weighted by Crippen LogP contribution is 2.29. The van der Waals surface area contributed by atoms with Gasteiger partial charge >= 0.3 is 5.97 Å². The van der Waals surface area contributed by atoms with E-state index in [1.54, 1.807) is 18.2 Å². The summed E-state index contributed by atoms with van der Waals surface area (Å²) >= 11 is 5.83. The van der Waals surface area contributed by atoms with Gasteiger partial charge in [-0.05, 0) is 41.9 Å². The molecule has 6 nitrogen and oxygen atoms in total.